The van der Waals surface area contributed by atoms with Crippen molar-refractivity contribution in [1.29, 1.82) is 0 Å². The van der Waals surface area contributed by atoms with Crippen molar-refractivity contribution in [3.63, 3.8) is 0 Å². The monoisotopic (exact) mass is 432 g/mol. The Morgan fingerprint density at radius 1 is 0.464 bits per heavy atom. The Balaban J connectivity index is 0. The van der Waals surface area contributed by atoms with Crippen molar-refractivity contribution in [1.82, 2.24) is 0 Å². The number of hydrogen-bond donors (Lipinski definition) is 5. The van der Waals surface area contributed by atoms with Crippen LogP contribution in [0.3, 0.4) is 0 Å². The molecule has 28 heavy (non-hydrogen) atoms. The van der Waals surface area contributed by atoms with Gasteiger partial charge in [0.1, 0.15) is 0 Å². The van der Waals surface area contributed by atoms with Crippen LogP contribution in [0.4, 0.5) is 35.1 Å². The first kappa shape index (κ1) is 28.0. The summed E-state index contributed by atoms with van der Waals surface area (Å²) in [5.41, 5.74) is 0. The molecule has 0 aromatic heterocycles. The van der Waals surface area contributed by atoms with Crippen molar-refractivity contribution in [3.05, 3.63) is 46.5 Å². The van der Waals surface area contributed by atoms with Crippen LogP contribution in [0, 0.1) is 46.5 Å². The van der Waals surface area contributed by atoms with Crippen LogP contribution in [0.2, 0.25) is 0 Å². The van der Waals surface area contributed by atoms with Crippen LogP contribution in [0.1, 0.15) is 0 Å². The van der Waals surface area contributed by atoms with Gasteiger partial charge in [-0.1, -0.05) is 0 Å². The van der Waals surface area contributed by atoms with Crippen LogP contribution in [0.15, 0.2) is 0 Å². The molecule has 0 heterocycles. The number of rotatable bonds is 0. The van der Waals surface area contributed by atoms with Crippen LogP contribution >= 0.6 is 0 Å². The van der Waals surface area contributed by atoms with Crippen molar-refractivity contribution in [3.8, 4) is 23.0 Å². The van der Waals surface area contributed by atoms with Crippen LogP contribution < -0.4 is 0 Å². The molecule has 0 fully saturated rings. The first-order valence-electron chi connectivity index (χ1n) is 5.90. The van der Waals surface area contributed by atoms with Gasteiger partial charge >= 0.3 is 42.3 Å². The third kappa shape index (κ3) is 5.90. The Bertz CT molecular complexity index is 591. The van der Waals surface area contributed by atoms with Gasteiger partial charge < -0.3 is 20.4 Å². The Morgan fingerprint density at radius 2 is 0.571 bits per heavy atom. The molecule has 0 radical (unpaired) electrons. The number of halogens is 8. The Morgan fingerprint density at radius 3 is 0.679 bits per heavy atom. The maximum atomic E-state index is 12.2. The zero-order chi connectivity index (χ0) is 21.6. The predicted molar refractivity (Wildman–Crippen MR) is 75.0 cm³/mol. The summed E-state index contributed by atoms with van der Waals surface area (Å²) in [7, 11) is 0. The Labute approximate surface area is 167 Å². The normalized spacial score (nSPS) is 9.14. The van der Waals surface area contributed by atoms with Gasteiger partial charge in [-0.25, -0.2) is 17.6 Å². The summed E-state index contributed by atoms with van der Waals surface area (Å²) >= 11 is -1.50. The van der Waals surface area contributed by atoms with Gasteiger partial charge in [0.05, 0.1) is 0 Å². The predicted octanol–water partition coefficient (Wildman–Crippen LogP) is 1.60. The first-order chi connectivity index (χ1) is 12.3. The zero-order valence-electron chi connectivity index (χ0n) is 12.2. The van der Waals surface area contributed by atoms with Crippen molar-refractivity contribution < 1.29 is 63.5 Å². The summed E-state index contributed by atoms with van der Waals surface area (Å²) in [6, 6.07) is 0. The van der Waals surface area contributed by atoms with Crippen LogP contribution in [0.5, 0.6) is 23.0 Å². The molecule has 2 aromatic rings. The molecular formula is C12H6AlF8LiO6. The first-order valence-corrected chi connectivity index (χ1v) is 6.89. The third-order valence-electron chi connectivity index (χ3n) is 2.44. The molecule has 0 aliphatic heterocycles. The quantitative estimate of drug-likeness (QED) is 0.142. The number of hydrogen-bond acceptors (Lipinski definition) is 5. The molecule has 0 unspecified atom stereocenters. The second-order valence-electron chi connectivity index (χ2n) is 4.01. The molecule has 0 aliphatic rings. The van der Waals surface area contributed by atoms with E-state index in [1.54, 1.807) is 0 Å². The van der Waals surface area contributed by atoms with Crippen molar-refractivity contribution in [2.24, 2.45) is 0 Å². The molecule has 0 atom stereocenters. The van der Waals surface area contributed by atoms with E-state index in [2.05, 4.69) is 0 Å². The summed E-state index contributed by atoms with van der Waals surface area (Å²) < 4.78 is 113. The molecule has 0 saturated carbocycles. The topological polar surface area (TPSA) is 118 Å². The minimum atomic E-state index is -2.16. The van der Waals surface area contributed by atoms with E-state index in [-0.39, 0.29) is 18.9 Å². The van der Waals surface area contributed by atoms with E-state index < -0.39 is 85.0 Å². The Kier molecular flexibility index (Phi) is 11.6. The van der Waals surface area contributed by atoms with E-state index in [1.165, 1.54) is 0 Å². The third-order valence-corrected chi connectivity index (χ3v) is 2.44. The standard InChI is InChI=1S/2C6H2F4O2.Al.Li.H2O.O.H/c2*7-1-2(8)4(10)6(12)5(11)3(1)9;;;;;/h2*11-12H;;;1H2;;/q;;+1;;;;/p-1. The van der Waals surface area contributed by atoms with Gasteiger partial charge in [0, 0.05) is 0 Å². The van der Waals surface area contributed by atoms with Crippen LogP contribution in [-0.4, -0.2) is 58.9 Å². The number of phenols is 4. The van der Waals surface area contributed by atoms with E-state index >= 15 is 0 Å². The fourth-order valence-corrected chi connectivity index (χ4v) is 1.22. The molecule has 0 amide bonds. The van der Waals surface area contributed by atoms with Gasteiger partial charge in [-0.2, -0.15) is 17.6 Å². The molecule has 5 N–H and O–H groups in total. The van der Waals surface area contributed by atoms with Crippen molar-refractivity contribution >= 4 is 34.3 Å². The van der Waals surface area contributed by atoms with Gasteiger partial charge in [0.15, 0.2) is 0 Å². The van der Waals surface area contributed by atoms with Crippen LogP contribution in [-0.2, 0) is 3.80 Å². The van der Waals surface area contributed by atoms with Gasteiger partial charge in [-0.3, -0.25) is 0 Å². The summed E-state index contributed by atoms with van der Waals surface area (Å²) in [5, 5.41) is 33.7. The average Bonchev–Trinajstić information content (AvgIpc) is 2.65. The van der Waals surface area contributed by atoms with E-state index in [0.29, 0.717) is 0 Å². The molecule has 0 spiro atoms. The number of aromatic hydroxyl groups is 4. The van der Waals surface area contributed by atoms with E-state index in [9.17, 15) is 35.1 Å². The molecule has 2 rings (SSSR count). The molecule has 0 aliphatic carbocycles. The van der Waals surface area contributed by atoms with Gasteiger partial charge in [0.25, 0.3) is 0 Å². The second kappa shape index (κ2) is 11.6. The van der Waals surface area contributed by atoms with Crippen molar-refractivity contribution in [2.45, 2.75) is 0 Å². The van der Waals surface area contributed by atoms with Crippen LogP contribution in [0.25, 0.3) is 0 Å². The summed E-state index contributed by atoms with van der Waals surface area (Å²) in [6.45, 7) is 0. The SMILES string of the molecule is Oc1c(O)c(F)c(F)c(F)c1F.Oc1c(O)c(F)c(F)c(F)c1F.[LiH].[O]=[Al][OH]. The fraction of sp³-hybridized carbons (Fsp3) is 0. The fourth-order valence-electron chi connectivity index (χ4n) is 1.22. The average molecular weight is 432 g/mol. The van der Waals surface area contributed by atoms with E-state index in [4.69, 9.17) is 28.4 Å². The molecular weight excluding hydrogens is 426 g/mol. The van der Waals surface area contributed by atoms with Gasteiger partial charge in [-0.05, 0) is 0 Å². The van der Waals surface area contributed by atoms with E-state index in [0.717, 1.165) is 0 Å². The molecule has 150 valence electrons. The molecule has 0 saturated heterocycles. The molecule has 2 aromatic carbocycles. The summed E-state index contributed by atoms with van der Waals surface area (Å²) in [4.78, 5) is 0. The van der Waals surface area contributed by atoms with Gasteiger partial charge in [-0.15, -0.1) is 0 Å². The molecule has 16 heteroatoms. The summed E-state index contributed by atoms with van der Waals surface area (Å²) in [5.74, 6) is -23.3. The van der Waals surface area contributed by atoms with E-state index in [1.807, 2.05) is 0 Å². The van der Waals surface area contributed by atoms with Gasteiger partial charge in [0.2, 0.25) is 69.5 Å². The zero-order valence-corrected chi connectivity index (χ0v) is 13.4. The number of benzene rings is 2. The summed E-state index contributed by atoms with van der Waals surface area (Å²) in [6.07, 6.45) is 0. The molecule has 0 bridgehead atoms. The second-order valence-corrected chi connectivity index (χ2v) is 4.22. The minimum absolute atomic E-state index is 0. The number of phenolic OH excluding ortho intramolecular Hbond substituents is 4. The molecule has 6 nitrogen and oxygen atoms in total. The van der Waals surface area contributed by atoms with Crippen molar-refractivity contribution in [2.75, 3.05) is 0 Å². The maximum absolute atomic E-state index is 12.2. The Hall–Kier alpha value is -2.19.